The van der Waals surface area contributed by atoms with E-state index in [1.807, 2.05) is 12.1 Å². The fourth-order valence-corrected chi connectivity index (χ4v) is 1.22. The summed E-state index contributed by atoms with van der Waals surface area (Å²) in [6.07, 6.45) is 0. The summed E-state index contributed by atoms with van der Waals surface area (Å²) in [7, 11) is 1.51. The maximum Gasteiger partial charge on any atom is 0.319 e. The van der Waals surface area contributed by atoms with Gasteiger partial charge in [0.15, 0.2) is 0 Å². The van der Waals surface area contributed by atoms with Crippen LogP contribution in [0, 0.1) is 0 Å². The van der Waals surface area contributed by atoms with Crippen LogP contribution in [0.1, 0.15) is 0 Å². The van der Waals surface area contributed by atoms with Crippen LogP contribution in [-0.2, 0) is 4.79 Å². The molecule has 1 rings (SSSR count). The highest BCUT2D eigenvalue weighted by Gasteiger charge is 2.03. The summed E-state index contributed by atoms with van der Waals surface area (Å²) in [5.41, 5.74) is 0.664. The number of halogens is 1. The first-order valence-electron chi connectivity index (χ1n) is 4.63. The molecule has 86 valence electrons. The average molecular weight is 286 g/mol. The molecule has 3 N–H and O–H groups in total. The minimum atomic E-state index is -0.411. The lowest BCUT2D eigenvalue weighted by Gasteiger charge is -2.06. The van der Waals surface area contributed by atoms with E-state index in [1.165, 1.54) is 7.05 Å². The summed E-state index contributed by atoms with van der Waals surface area (Å²) < 4.78 is 0.934. The second-order valence-corrected chi connectivity index (χ2v) is 3.90. The summed E-state index contributed by atoms with van der Waals surface area (Å²) in [5, 5.41) is 7.42. The Labute approximate surface area is 102 Å². The van der Waals surface area contributed by atoms with Crippen molar-refractivity contribution in [2.45, 2.75) is 0 Å². The van der Waals surface area contributed by atoms with Gasteiger partial charge < -0.3 is 16.0 Å². The van der Waals surface area contributed by atoms with E-state index in [-0.39, 0.29) is 12.5 Å². The van der Waals surface area contributed by atoms with Gasteiger partial charge in [0.2, 0.25) is 5.91 Å². The molecule has 5 nitrogen and oxygen atoms in total. The van der Waals surface area contributed by atoms with Crippen molar-refractivity contribution in [3.05, 3.63) is 28.7 Å². The standard InChI is InChI=1S/C10H12BrN3O2/c1-12-9(15)6-13-10(16)14-8-4-2-7(11)3-5-8/h2-5H,6H2,1H3,(H,12,15)(H2,13,14,16). The molecule has 0 saturated heterocycles. The van der Waals surface area contributed by atoms with Crippen LogP contribution in [0.25, 0.3) is 0 Å². The molecule has 0 saturated carbocycles. The largest absolute Gasteiger partial charge is 0.358 e. The number of hydrogen-bond donors (Lipinski definition) is 3. The van der Waals surface area contributed by atoms with Crippen LogP contribution in [0.15, 0.2) is 28.7 Å². The van der Waals surface area contributed by atoms with E-state index >= 15 is 0 Å². The lowest BCUT2D eigenvalue weighted by molar-refractivity contribution is -0.119. The molecular formula is C10H12BrN3O2. The first-order chi connectivity index (χ1) is 7.61. The van der Waals surface area contributed by atoms with Crippen molar-refractivity contribution >= 4 is 33.6 Å². The predicted molar refractivity (Wildman–Crippen MR) is 65.2 cm³/mol. The van der Waals surface area contributed by atoms with Crippen LogP contribution in [0.3, 0.4) is 0 Å². The minimum absolute atomic E-state index is 0.0428. The zero-order valence-corrected chi connectivity index (χ0v) is 10.3. The third kappa shape index (κ3) is 4.31. The molecule has 0 atom stereocenters. The number of hydrogen-bond acceptors (Lipinski definition) is 2. The number of benzene rings is 1. The highest BCUT2D eigenvalue weighted by atomic mass is 79.9. The molecule has 0 unspecified atom stereocenters. The van der Waals surface area contributed by atoms with Gasteiger partial charge in [-0.05, 0) is 24.3 Å². The van der Waals surface area contributed by atoms with Crippen LogP contribution in [0.4, 0.5) is 10.5 Å². The summed E-state index contributed by atoms with van der Waals surface area (Å²) in [5.74, 6) is -0.244. The Hall–Kier alpha value is -1.56. The molecule has 0 spiro atoms. The number of carbonyl (C=O) groups excluding carboxylic acids is 2. The van der Waals surface area contributed by atoms with Crippen LogP contribution >= 0.6 is 15.9 Å². The van der Waals surface area contributed by atoms with Gasteiger partial charge in [-0.25, -0.2) is 4.79 Å². The Morgan fingerprint density at radius 2 is 1.88 bits per heavy atom. The fourth-order valence-electron chi connectivity index (χ4n) is 0.957. The third-order valence-corrected chi connectivity index (χ3v) is 2.32. The summed E-state index contributed by atoms with van der Waals surface area (Å²) in [6.45, 7) is -0.0428. The lowest BCUT2D eigenvalue weighted by Crippen LogP contribution is -2.37. The second kappa shape index (κ2) is 6.12. The molecule has 6 heteroatoms. The number of amides is 3. The van der Waals surface area contributed by atoms with E-state index in [9.17, 15) is 9.59 Å². The quantitative estimate of drug-likeness (QED) is 0.784. The molecular weight excluding hydrogens is 274 g/mol. The van der Waals surface area contributed by atoms with Crippen LogP contribution in [0.2, 0.25) is 0 Å². The minimum Gasteiger partial charge on any atom is -0.358 e. The number of nitrogens with one attached hydrogen (secondary N) is 3. The number of carbonyl (C=O) groups is 2. The van der Waals surface area contributed by atoms with Gasteiger partial charge in [0.05, 0.1) is 6.54 Å². The van der Waals surface area contributed by atoms with Gasteiger partial charge in [0.25, 0.3) is 0 Å². The highest BCUT2D eigenvalue weighted by Crippen LogP contribution is 2.13. The first kappa shape index (κ1) is 12.5. The van der Waals surface area contributed by atoms with E-state index in [0.717, 1.165) is 4.47 Å². The van der Waals surface area contributed by atoms with E-state index < -0.39 is 6.03 Å². The molecule has 0 aliphatic heterocycles. The predicted octanol–water partition coefficient (Wildman–Crippen LogP) is 1.32. The molecule has 0 fully saturated rings. The zero-order valence-electron chi connectivity index (χ0n) is 8.71. The molecule has 3 amide bonds. The van der Waals surface area contributed by atoms with Crippen LogP contribution in [0.5, 0.6) is 0 Å². The maximum absolute atomic E-state index is 11.3. The molecule has 0 radical (unpaired) electrons. The molecule has 16 heavy (non-hydrogen) atoms. The van der Waals surface area contributed by atoms with Crippen molar-refractivity contribution in [1.29, 1.82) is 0 Å². The van der Waals surface area contributed by atoms with E-state index in [4.69, 9.17) is 0 Å². The first-order valence-corrected chi connectivity index (χ1v) is 5.42. The van der Waals surface area contributed by atoms with Crippen LogP contribution < -0.4 is 16.0 Å². The molecule has 1 aromatic carbocycles. The van der Waals surface area contributed by atoms with Gasteiger partial charge in [-0.2, -0.15) is 0 Å². The Morgan fingerprint density at radius 3 is 2.44 bits per heavy atom. The average Bonchev–Trinajstić information content (AvgIpc) is 2.29. The van der Waals surface area contributed by atoms with Crippen molar-refractivity contribution in [2.24, 2.45) is 0 Å². The Kier molecular flexibility index (Phi) is 4.78. The lowest BCUT2D eigenvalue weighted by atomic mass is 10.3. The molecule has 0 bridgehead atoms. The number of likely N-dealkylation sites (N-methyl/N-ethyl adjacent to an activating group) is 1. The summed E-state index contributed by atoms with van der Waals surface area (Å²) >= 11 is 3.29. The molecule has 1 aromatic rings. The molecule has 0 aliphatic carbocycles. The van der Waals surface area contributed by atoms with Crippen molar-refractivity contribution in [1.82, 2.24) is 10.6 Å². The summed E-state index contributed by atoms with van der Waals surface area (Å²) in [6, 6.07) is 6.72. The molecule has 0 aliphatic rings. The Balaban J connectivity index is 2.40. The van der Waals surface area contributed by atoms with Gasteiger partial charge in [-0.1, -0.05) is 15.9 Å². The fraction of sp³-hybridized carbons (Fsp3) is 0.200. The number of urea groups is 1. The van der Waals surface area contributed by atoms with E-state index in [0.29, 0.717) is 5.69 Å². The second-order valence-electron chi connectivity index (χ2n) is 2.99. The SMILES string of the molecule is CNC(=O)CNC(=O)Nc1ccc(Br)cc1. The van der Waals surface area contributed by atoms with Crippen LogP contribution in [-0.4, -0.2) is 25.5 Å². The Morgan fingerprint density at radius 1 is 1.25 bits per heavy atom. The topological polar surface area (TPSA) is 70.2 Å². The molecule has 0 aromatic heterocycles. The van der Waals surface area contributed by atoms with Gasteiger partial charge >= 0.3 is 6.03 Å². The van der Waals surface area contributed by atoms with E-state index in [1.54, 1.807) is 12.1 Å². The number of anilines is 1. The smallest absolute Gasteiger partial charge is 0.319 e. The zero-order chi connectivity index (χ0) is 12.0. The van der Waals surface area contributed by atoms with Gasteiger partial charge in [-0.3, -0.25) is 4.79 Å². The number of rotatable bonds is 3. The maximum atomic E-state index is 11.3. The summed E-state index contributed by atoms with van der Waals surface area (Å²) in [4.78, 5) is 22.2. The van der Waals surface area contributed by atoms with E-state index in [2.05, 4.69) is 31.9 Å². The normalized spacial score (nSPS) is 9.38. The monoisotopic (exact) mass is 285 g/mol. The van der Waals surface area contributed by atoms with Crippen molar-refractivity contribution in [3.8, 4) is 0 Å². The highest BCUT2D eigenvalue weighted by molar-refractivity contribution is 9.10. The van der Waals surface area contributed by atoms with Crippen molar-refractivity contribution < 1.29 is 9.59 Å². The van der Waals surface area contributed by atoms with Gasteiger partial charge in [-0.15, -0.1) is 0 Å². The Bertz CT molecular complexity index is 378. The van der Waals surface area contributed by atoms with Crippen molar-refractivity contribution in [3.63, 3.8) is 0 Å². The van der Waals surface area contributed by atoms with Gasteiger partial charge in [0.1, 0.15) is 0 Å². The van der Waals surface area contributed by atoms with Gasteiger partial charge in [0, 0.05) is 17.2 Å². The van der Waals surface area contributed by atoms with Crippen molar-refractivity contribution in [2.75, 3.05) is 18.9 Å². The molecule has 0 heterocycles. The third-order valence-electron chi connectivity index (χ3n) is 1.79.